The summed E-state index contributed by atoms with van der Waals surface area (Å²) in [6.07, 6.45) is 7.51. The first kappa shape index (κ1) is 22.3. The van der Waals surface area contributed by atoms with Crippen LogP contribution in [0.3, 0.4) is 0 Å². The van der Waals surface area contributed by atoms with Gasteiger partial charge in [0.25, 0.3) is 0 Å². The van der Waals surface area contributed by atoms with Crippen LogP contribution in [0.5, 0.6) is 0 Å². The van der Waals surface area contributed by atoms with Crippen LogP contribution >= 0.6 is 0 Å². The van der Waals surface area contributed by atoms with E-state index in [0.29, 0.717) is 0 Å². The van der Waals surface area contributed by atoms with Crippen molar-refractivity contribution < 1.29 is 0 Å². The van der Waals surface area contributed by atoms with Crippen molar-refractivity contribution in [2.75, 3.05) is 0 Å². The van der Waals surface area contributed by atoms with Crippen molar-refractivity contribution in [3.05, 3.63) is 121 Å². The summed E-state index contributed by atoms with van der Waals surface area (Å²) in [5.74, 6) is 1.57. The highest BCUT2D eigenvalue weighted by Gasteiger charge is 2.17. The van der Waals surface area contributed by atoms with Gasteiger partial charge in [-0.1, -0.05) is 60.7 Å². The quantitative estimate of drug-likeness (QED) is 0.248. The fraction of sp³-hybridized carbons (Fsp3) is 0.0588. The molecule has 0 aliphatic rings. The Morgan fingerprint density at radius 1 is 0.526 bits per heavy atom. The fourth-order valence-corrected chi connectivity index (χ4v) is 5.60. The third-order valence-electron chi connectivity index (χ3n) is 7.44. The van der Waals surface area contributed by atoms with Gasteiger partial charge in [-0.25, -0.2) is 9.97 Å². The van der Waals surface area contributed by atoms with E-state index in [4.69, 9.17) is 9.97 Å². The molecule has 0 fully saturated rings. The lowest BCUT2D eigenvalue weighted by Crippen LogP contribution is -2.03. The lowest BCUT2D eigenvalue weighted by Gasteiger charge is -2.10. The topological polar surface area (TPSA) is 35.6 Å². The molecule has 0 unspecified atom stereocenters. The van der Waals surface area contributed by atoms with E-state index in [9.17, 15) is 0 Å². The highest BCUT2D eigenvalue weighted by Crippen LogP contribution is 2.35. The third kappa shape index (κ3) is 3.24. The maximum absolute atomic E-state index is 4.95. The molecule has 3 heterocycles. The van der Waals surface area contributed by atoms with Gasteiger partial charge in [-0.05, 0) is 73.5 Å². The lowest BCUT2D eigenvalue weighted by molar-refractivity contribution is 0.988. The van der Waals surface area contributed by atoms with Gasteiger partial charge >= 0.3 is 0 Å². The molecule has 0 aliphatic carbocycles. The van der Waals surface area contributed by atoms with E-state index >= 15 is 0 Å². The van der Waals surface area contributed by atoms with E-state index in [1.807, 2.05) is 24.5 Å². The minimum Gasteiger partial charge on any atom is -0.293 e. The minimum absolute atomic E-state index is 0.777. The molecule has 0 saturated carbocycles. The monoisotopic (exact) mass is 490 g/mol. The van der Waals surface area contributed by atoms with E-state index in [0.717, 1.165) is 55.6 Å². The molecule has 0 saturated heterocycles. The normalized spacial score (nSPS) is 11.6. The van der Waals surface area contributed by atoms with Crippen LogP contribution < -0.4 is 0 Å². The van der Waals surface area contributed by atoms with Crippen molar-refractivity contribution in [3.63, 3.8) is 0 Å². The SMILES string of the molecule is C=Cc1ccc2c(c1)c1cc(C=C)ccc1n2-c1cnc(-n2c3ccc(C)cc3c3cc(C)ccc32)cn1. The number of rotatable bonds is 4. The maximum Gasteiger partial charge on any atom is 0.156 e. The second kappa shape index (κ2) is 8.29. The Bertz CT molecular complexity index is 1950. The zero-order chi connectivity index (χ0) is 26.0. The average Bonchev–Trinajstić information content (AvgIpc) is 3.44. The number of fused-ring (bicyclic) bond motifs is 6. The summed E-state index contributed by atoms with van der Waals surface area (Å²) in [7, 11) is 0. The molecule has 0 spiro atoms. The van der Waals surface area contributed by atoms with Gasteiger partial charge in [-0.3, -0.25) is 9.13 Å². The molecule has 7 rings (SSSR count). The number of hydrogen-bond acceptors (Lipinski definition) is 2. The van der Waals surface area contributed by atoms with Gasteiger partial charge in [0.05, 0.1) is 34.5 Å². The third-order valence-corrected chi connectivity index (χ3v) is 7.44. The Morgan fingerprint density at radius 2 is 0.895 bits per heavy atom. The number of nitrogens with zero attached hydrogens (tertiary/aromatic N) is 4. The molecule has 0 aliphatic heterocycles. The van der Waals surface area contributed by atoms with Gasteiger partial charge in [-0.15, -0.1) is 0 Å². The molecule has 7 aromatic rings. The van der Waals surface area contributed by atoms with Crippen molar-refractivity contribution in [1.29, 1.82) is 0 Å². The molecule has 0 N–H and O–H groups in total. The van der Waals surface area contributed by atoms with Crippen LogP contribution in [0.4, 0.5) is 0 Å². The summed E-state index contributed by atoms with van der Waals surface area (Å²) in [4.78, 5) is 9.90. The summed E-state index contributed by atoms with van der Waals surface area (Å²) in [5.41, 5.74) is 9.06. The first-order valence-corrected chi connectivity index (χ1v) is 12.7. The summed E-state index contributed by atoms with van der Waals surface area (Å²) < 4.78 is 4.39. The molecule has 182 valence electrons. The highest BCUT2D eigenvalue weighted by molar-refractivity contribution is 6.11. The predicted octanol–water partition coefficient (Wildman–Crippen LogP) is 8.57. The fourth-order valence-electron chi connectivity index (χ4n) is 5.60. The van der Waals surface area contributed by atoms with E-state index < -0.39 is 0 Å². The molecular formula is C34H26N4. The molecule has 3 aromatic heterocycles. The van der Waals surface area contributed by atoms with Crippen LogP contribution in [0, 0.1) is 13.8 Å². The van der Waals surface area contributed by atoms with Crippen LogP contribution in [-0.4, -0.2) is 19.1 Å². The first-order valence-electron chi connectivity index (χ1n) is 12.7. The van der Waals surface area contributed by atoms with Crippen molar-refractivity contribution >= 4 is 55.8 Å². The zero-order valence-electron chi connectivity index (χ0n) is 21.4. The minimum atomic E-state index is 0.777. The van der Waals surface area contributed by atoms with Crippen LogP contribution in [0.15, 0.2) is 98.3 Å². The summed E-state index contributed by atoms with van der Waals surface area (Å²) in [6, 6.07) is 26.0. The maximum atomic E-state index is 4.95. The van der Waals surface area contributed by atoms with Crippen molar-refractivity contribution in [2.45, 2.75) is 13.8 Å². The van der Waals surface area contributed by atoms with Crippen LogP contribution in [0.25, 0.3) is 67.4 Å². The number of benzene rings is 4. The number of hydrogen-bond donors (Lipinski definition) is 0. The summed E-state index contributed by atoms with van der Waals surface area (Å²) >= 11 is 0. The molecule has 0 atom stereocenters. The Hall–Kier alpha value is -4.96. The van der Waals surface area contributed by atoms with Crippen molar-refractivity contribution in [2.24, 2.45) is 0 Å². The van der Waals surface area contributed by atoms with Crippen LogP contribution in [0.2, 0.25) is 0 Å². The standard InChI is InChI=1S/C34H26N4/c1-5-23-9-13-31-27(17-23)28-18-24(6-2)10-14-32(28)38(31)34-20-35-33(19-36-34)37-29-11-7-21(3)15-25(29)26-16-22(4)8-12-30(26)37/h5-20H,1-2H2,3-4H3. The second-order valence-electron chi connectivity index (χ2n) is 9.91. The van der Waals surface area contributed by atoms with E-state index in [1.165, 1.54) is 21.9 Å². The van der Waals surface area contributed by atoms with Gasteiger partial charge in [0.1, 0.15) is 0 Å². The summed E-state index contributed by atoms with van der Waals surface area (Å²) in [5, 5.41) is 4.77. The molecule has 4 heteroatoms. The second-order valence-corrected chi connectivity index (χ2v) is 9.91. The Morgan fingerprint density at radius 3 is 1.26 bits per heavy atom. The Balaban J connectivity index is 1.45. The largest absolute Gasteiger partial charge is 0.293 e. The average molecular weight is 491 g/mol. The van der Waals surface area contributed by atoms with Crippen molar-refractivity contribution in [1.82, 2.24) is 19.1 Å². The molecular weight excluding hydrogens is 464 g/mol. The lowest BCUT2D eigenvalue weighted by atomic mass is 10.1. The van der Waals surface area contributed by atoms with E-state index in [-0.39, 0.29) is 0 Å². The molecule has 4 aromatic carbocycles. The molecule has 0 amide bonds. The van der Waals surface area contributed by atoms with Crippen LogP contribution in [-0.2, 0) is 0 Å². The Kier molecular flexibility index (Phi) is 4.85. The van der Waals surface area contributed by atoms with Gasteiger partial charge in [0.15, 0.2) is 11.6 Å². The summed E-state index contributed by atoms with van der Waals surface area (Å²) in [6.45, 7) is 12.2. The van der Waals surface area contributed by atoms with Crippen molar-refractivity contribution in [3.8, 4) is 11.6 Å². The molecule has 38 heavy (non-hydrogen) atoms. The predicted molar refractivity (Wildman–Crippen MR) is 160 cm³/mol. The highest BCUT2D eigenvalue weighted by atomic mass is 15.1. The molecule has 0 bridgehead atoms. The van der Waals surface area contributed by atoms with Gasteiger partial charge in [0, 0.05) is 21.5 Å². The smallest absolute Gasteiger partial charge is 0.156 e. The molecule has 4 nitrogen and oxygen atoms in total. The van der Waals surface area contributed by atoms with Gasteiger partial charge in [0.2, 0.25) is 0 Å². The first-order chi connectivity index (χ1) is 18.6. The number of aromatic nitrogens is 4. The molecule has 0 radical (unpaired) electrons. The zero-order valence-corrected chi connectivity index (χ0v) is 21.4. The Labute approximate surface area is 220 Å². The van der Waals surface area contributed by atoms with E-state index in [1.54, 1.807) is 0 Å². The van der Waals surface area contributed by atoms with Gasteiger partial charge < -0.3 is 0 Å². The van der Waals surface area contributed by atoms with Gasteiger partial charge in [-0.2, -0.15) is 0 Å². The van der Waals surface area contributed by atoms with Crippen LogP contribution in [0.1, 0.15) is 22.3 Å². The number of aryl methyl sites for hydroxylation is 2. The van der Waals surface area contributed by atoms with E-state index in [2.05, 4.69) is 109 Å².